The first kappa shape index (κ1) is 16.0. The van der Waals surface area contributed by atoms with Gasteiger partial charge in [0.05, 0.1) is 11.1 Å². The molecule has 2 aromatic carbocycles. The number of benzene rings is 2. The average molecular weight is 314 g/mol. The van der Waals surface area contributed by atoms with Gasteiger partial charge >= 0.3 is 12.4 Å². The van der Waals surface area contributed by atoms with Gasteiger partial charge in [0.15, 0.2) is 0 Å². The Kier molecular flexibility index (Phi) is 3.92. The minimum absolute atomic E-state index is 0.00437. The summed E-state index contributed by atoms with van der Waals surface area (Å²) in [5, 5.41) is 0. The molecule has 6 heteroatoms. The van der Waals surface area contributed by atoms with Crippen LogP contribution >= 0.6 is 0 Å². The van der Waals surface area contributed by atoms with E-state index >= 15 is 0 Å². The highest BCUT2D eigenvalue weighted by molar-refractivity contribution is 5.67. The van der Waals surface area contributed by atoms with Crippen LogP contribution in [-0.2, 0) is 12.4 Å². The molecule has 2 rings (SSSR count). The smallest absolute Gasteiger partial charge is 0.166 e. The quantitative estimate of drug-likeness (QED) is 0.490. The van der Waals surface area contributed by atoms with Gasteiger partial charge in [-0.15, -0.1) is 6.42 Å². The maximum absolute atomic E-state index is 12.8. The van der Waals surface area contributed by atoms with Crippen molar-refractivity contribution in [1.29, 1.82) is 0 Å². The van der Waals surface area contributed by atoms with Crippen LogP contribution in [0.5, 0.6) is 0 Å². The van der Waals surface area contributed by atoms with E-state index in [0.29, 0.717) is 0 Å². The van der Waals surface area contributed by atoms with Gasteiger partial charge in [-0.05, 0) is 41.5 Å². The molecule has 114 valence electrons. The van der Waals surface area contributed by atoms with Crippen LogP contribution in [0.3, 0.4) is 0 Å². The lowest BCUT2D eigenvalue weighted by Gasteiger charge is -2.11. The molecule has 0 atom stereocenters. The highest BCUT2D eigenvalue weighted by atomic mass is 19.4. The molecule has 0 saturated heterocycles. The Hall–Kier alpha value is -2.42. The van der Waals surface area contributed by atoms with Crippen molar-refractivity contribution in [3.63, 3.8) is 0 Å². The Morgan fingerprint density at radius 3 is 1.68 bits per heavy atom. The van der Waals surface area contributed by atoms with Crippen LogP contribution in [0, 0.1) is 12.3 Å². The maximum Gasteiger partial charge on any atom is 0.416 e. The zero-order valence-corrected chi connectivity index (χ0v) is 10.9. The van der Waals surface area contributed by atoms with Crippen molar-refractivity contribution in [2.45, 2.75) is 12.4 Å². The van der Waals surface area contributed by atoms with E-state index in [1.165, 1.54) is 6.07 Å². The van der Waals surface area contributed by atoms with Gasteiger partial charge in [0, 0.05) is 5.56 Å². The van der Waals surface area contributed by atoms with E-state index in [0.717, 1.165) is 36.4 Å². The van der Waals surface area contributed by atoms with Gasteiger partial charge in [0.2, 0.25) is 0 Å². The van der Waals surface area contributed by atoms with E-state index < -0.39 is 23.5 Å². The zero-order chi connectivity index (χ0) is 16.5. The van der Waals surface area contributed by atoms with Crippen LogP contribution in [-0.4, -0.2) is 0 Å². The molecule has 0 fully saturated rings. The molecular weight excluding hydrogens is 306 g/mol. The summed E-state index contributed by atoms with van der Waals surface area (Å²) in [4.78, 5) is 0. The molecule has 22 heavy (non-hydrogen) atoms. The lowest BCUT2D eigenvalue weighted by molar-refractivity contribution is -0.138. The molecule has 0 heterocycles. The Bertz CT molecular complexity index is 714. The Morgan fingerprint density at radius 2 is 1.23 bits per heavy atom. The van der Waals surface area contributed by atoms with E-state index in [9.17, 15) is 26.3 Å². The second-order valence-corrected chi connectivity index (χ2v) is 4.52. The molecule has 0 aromatic heterocycles. The molecule has 0 unspecified atom stereocenters. The summed E-state index contributed by atoms with van der Waals surface area (Å²) in [7, 11) is 0. The lowest BCUT2D eigenvalue weighted by atomic mass is 9.98. The van der Waals surface area contributed by atoms with Crippen molar-refractivity contribution in [2.24, 2.45) is 0 Å². The van der Waals surface area contributed by atoms with Crippen LogP contribution in [0.25, 0.3) is 11.1 Å². The molecule has 0 saturated carbocycles. The van der Waals surface area contributed by atoms with Crippen LogP contribution in [0.1, 0.15) is 16.7 Å². The van der Waals surface area contributed by atoms with Crippen LogP contribution < -0.4 is 0 Å². The van der Waals surface area contributed by atoms with Gasteiger partial charge in [-0.3, -0.25) is 0 Å². The third-order valence-corrected chi connectivity index (χ3v) is 2.97. The molecule has 0 amide bonds. The van der Waals surface area contributed by atoms with Crippen molar-refractivity contribution >= 4 is 0 Å². The first-order valence-corrected chi connectivity index (χ1v) is 5.98. The molecule has 0 spiro atoms. The fourth-order valence-electron chi connectivity index (χ4n) is 1.89. The van der Waals surface area contributed by atoms with Gasteiger partial charge < -0.3 is 0 Å². The van der Waals surface area contributed by atoms with Crippen molar-refractivity contribution in [1.82, 2.24) is 0 Å². The fourth-order valence-corrected chi connectivity index (χ4v) is 1.89. The average Bonchev–Trinajstić information content (AvgIpc) is 2.45. The number of halogens is 6. The largest absolute Gasteiger partial charge is 0.416 e. The van der Waals surface area contributed by atoms with Gasteiger partial charge in [-0.1, -0.05) is 18.1 Å². The second-order valence-electron chi connectivity index (χ2n) is 4.52. The van der Waals surface area contributed by atoms with E-state index in [1.807, 2.05) is 0 Å². The summed E-state index contributed by atoms with van der Waals surface area (Å²) >= 11 is 0. The van der Waals surface area contributed by atoms with Crippen LogP contribution in [0.2, 0.25) is 0 Å². The van der Waals surface area contributed by atoms with E-state index in [4.69, 9.17) is 6.42 Å². The number of hydrogen-bond donors (Lipinski definition) is 0. The topological polar surface area (TPSA) is 0 Å². The standard InChI is InChI=1S/C16H8F6/c1-2-10-7-12(9-14(8-10)16(20,21)22)11-3-5-13(6-4-11)15(17,18)19/h1,3-9H. The van der Waals surface area contributed by atoms with Gasteiger partial charge in [0.25, 0.3) is 0 Å². The summed E-state index contributed by atoms with van der Waals surface area (Å²) < 4.78 is 75.9. The van der Waals surface area contributed by atoms with Gasteiger partial charge in [0.1, 0.15) is 0 Å². The zero-order valence-electron chi connectivity index (χ0n) is 10.9. The first-order chi connectivity index (χ1) is 10.1. The second kappa shape index (κ2) is 5.41. The molecule has 0 radical (unpaired) electrons. The molecule has 0 N–H and O–H groups in total. The third-order valence-electron chi connectivity index (χ3n) is 2.97. The minimum atomic E-state index is -4.59. The Balaban J connectivity index is 2.51. The molecule has 0 aliphatic carbocycles. The maximum atomic E-state index is 12.8. The fraction of sp³-hybridized carbons (Fsp3) is 0.125. The number of rotatable bonds is 1. The minimum Gasteiger partial charge on any atom is -0.166 e. The third kappa shape index (κ3) is 3.42. The predicted octanol–water partition coefficient (Wildman–Crippen LogP) is 5.37. The van der Waals surface area contributed by atoms with Crippen molar-refractivity contribution in [2.75, 3.05) is 0 Å². The predicted molar refractivity (Wildman–Crippen MR) is 69.8 cm³/mol. The summed E-state index contributed by atoms with van der Waals surface area (Å²) in [5.41, 5.74) is -1.49. The van der Waals surface area contributed by atoms with Crippen molar-refractivity contribution < 1.29 is 26.3 Å². The molecule has 0 bridgehead atoms. The molecule has 0 aliphatic heterocycles. The number of hydrogen-bond acceptors (Lipinski definition) is 0. The summed E-state index contributed by atoms with van der Waals surface area (Å²) in [5.74, 6) is 2.11. The van der Waals surface area contributed by atoms with Crippen LogP contribution in [0.4, 0.5) is 26.3 Å². The normalized spacial score (nSPS) is 12.0. The summed E-state index contributed by atoms with van der Waals surface area (Å²) in [6, 6.07) is 6.82. The summed E-state index contributed by atoms with van der Waals surface area (Å²) in [6.45, 7) is 0. The monoisotopic (exact) mass is 314 g/mol. The van der Waals surface area contributed by atoms with Gasteiger partial charge in [-0.2, -0.15) is 26.3 Å². The van der Waals surface area contributed by atoms with E-state index in [2.05, 4.69) is 5.92 Å². The molecule has 0 aliphatic rings. The molecule has 2 aromatic rings. The van der Waals surface area contributed by atoms with Gasteiger partial charge in [-0.25, -0.2) is 0 Å². The Morgan fingerprint density at radius 1 is 0.682 bits per heavy atom. The van der Waals surface area contributed by atoms with E-state index in [-0.39, 0.29) is 16.7 Å². The highest BCUT2D eigenvalue weighted by Crippen LogP contribution is 2.35. The molecular formula is C16H8F6. The van der Waals surface area contributed by atoms with E-state index in [1.54, 1.807) is 0 Å². The number of terminal acetylenes is 1. The summed E-state index contributed by atoms with van der Waals surface area (Å²) in [6.07, 6.45) is -3.97. The first-order valence-electron chi connectivity index (χ1n) is 5.98. The molecule has 0 nitrogen and oxygen atoms in total. The van der Waals surface area contributed by atoms with Crippen LogP contribution in [0.15, 0.2) is 42.5 Å². The van der Waals surface area contributed by atoms with Crippen molar-refractivity contribution in [3.8, 4) is 23.5 Å². The number of alkyl halides is 6. The Labute approximate surface area is 122 Å². The van der Waals surface area contributed by atoms with Crippen molar-refractivity contribution in [3.05, 3.63) is 59.2 Å². The SMILES string of the molecule is C#Cc1cc(-c2ccc(C(F)(F)F)cc2)cc(C(F)(F)F)c1. The lowest BCUT2D eigenvalue weighted by Crippen LogP contribution is -2.06. The highest BCUT2D eigenvalue weighted by Gasteiger charge is 2.32.